The van der Waals surface area contributed by atoms with Crippen molar-refractivity contribution in [3.05, 3.63) is 70.5 Å². The summed E-state index contributed by atoms with van der Waals surface area (Å²) in [4.78, 5) is 12.3. The van der Waals surface area contributed by atoms with E-state index in [0.717, 1.165) is 23.0 Å². The lowest BCUT2D eigenvalue weighted by Crippen LogP contribution is -2.11. The second-order valence-corrected chi connectivity index (χ2v) is 9.02. The third kappa shape index (κ3) is 4.95. The normalized spacial score (nSPS) is 11.3. The maximum Gasteiger partial charge on any atom is 0.257 e. The van der Waals surface area contributed by atoms with Crippen LogP contribution in [0, 0.1) is 12.7 Å². The summed E-state index contributed by atoms with van der Waals surface area (Å²) in [5.41, 5.74) is 1.14. The molecular weight excluding hydrogens is 389 g/mol. The molecule has 0 aliphatic rings. The molecule has 140 valence electrons. The van der Waals surface area contributed by atoms with Crippen LogP contribution in [0.3, 0.4) is 0 Å². The van der Waals surface area contributed by atoms with E-state index in [1.165, 1.54) is 18.2 Å². The summed E-state index contributed by atoms with van der Waals surface area (Å²) in [7, 11) is -3.43. The lowest BCUT2D eigenvalue weighted by molar-refractivity contribution is 0.102. The minimum atomic E-state index is -3.43. The van der Waals surface area contributed by atoms with Gasteiger partial charge in [-0.05, 0) is 37.3 Å². The molecule has 6 nitrogen and oxygen atoms in total. The second kappa shape index (κ2) is 7.93. The molecule has 0 aliphatic carbocycles. The summed E-state index contributed by atoms with van der Waals surface area (Å²) in [6.45, 7) is 1.89. The molecule has 1 amide bonds. The number of rotatable bonds is 6. The predicted octanol–water partition coefficient (Wildman–Crippen LogP) is 3.25. The standard InChI is InChI=1S/C18H16FN3O3S2/c1-12-5-7-15(8-6-12)27(24,25)10-9-16-21-22-18(26-16)20-17(23)13-3-2-4-14(19)11-13/h2-8,11H,9-10H2,1H3,(H,20,22,23). The molecule has 0 unspecified atom stereocenters. The number of benzene rings is 2. The molecule has 0 atom stereocenters. The first kappa shape index (κ1) is 19.1. The second-order valence-electron chi connectivity index (χ2n) is 5.85. The SMILES string of the molecule is Cc1ccc(S(=O)(=O)CCc2nnc(NC(=O)c3cccc(F)c3)s2)cc1. The van der Waals surface area contributed by atoms with Crippen LogP contribution in [-0.2, 0) is 16.3 Å². The van der Waals surface area contributed by atoms with Gasteiger partial charge in [0.15, 0.2) is 9.84 Å². The van der Waals surface area contributed by atoms with Crippen molar-refractivity contribution in [2.24, 2.45) is 0 Å². The number of nitrogens with one attached hydrogen (secondary N) is 1. The number of hydrogen-bond donors (Lipinski definition) is 1. The summed E-state index contributed by atoms with van der Waals surface area (Å²) in [5.74, 6) is -1.13. The molecule has 3 rings (SSSR count). The van der Waals surface area contributed by atoms with Crippen molar-refractivity contribution in [3.8, 4) is 0 Å². The van der Waals surface area contributed by atoms with Crippen molar-refractivity contribution >= 4 is 32.2 Å². The van der Waals surface area contributed by atoms with Gasteiger partial charge in [0.25, 0.3) is 5.91 Å². The van der Waals surface area contributed by atoms with E-state index in [2.05, 4.69) is 15.5 Å². The number of amides is 1. The van der Waals surface area contributed by atoms with Crippen LogP contribution in [0.4, 0.5) is 9.52 Å². The molecule has 27 heavy (non-hydrogen) atoms. The van der Waals surface area contributed by atoms with E-state index in [0.29, 0.717) is 5.01 Å². The third-order valence-corrected chi connectivity index (χ3v) is 6.37. The monoisotopic (exact) mass is 405 g/mol. The molecular formula is C18H16FN3O3S2. The number of anilines is 1. The van der Waals surface area contributed by atoms with Crippen LogP contribution >= 0.6 is 11.3 Å². The predicted molar refractivity (Wildman–Crippen MR) is 101 cm³/mol. The molecule has 9 heteroatoms. The van der Waals surface area contributed by atoms with E-state index in [-0.39, 0.29) is 27.8 Å². The number of aromatic nitrogens is 2. The molecule has 0 spiro atoms. The van der Waals surface area contributed by atoms with E-state index in [9.17, 15) is 17.6 Å². The van der Waals surface area contributed by atoms with Crippen molar-refractivity contribution in [1.29, 1.82) is 0 Å². The molecule has 0 bridgehead atoms. The van der Waals surface area contributed by atoms with Gasteiger partial charge in [-0.3, -0.25) is 10.1 Å². The average Bonchev–Trinajstić information content (AvgIpc) is 3.08. The highest BCUT2D eigenvalue weighted by atomic mass is 32.2. The lowest BCUT2D eigenvalue weighted by atomic mass is 10.2. The lowest BCUT2D eigenvalue weighted by Gasteiger charge is -2.03. The maximum atomic E-state index is 13.2. The van der Waals surface area contributed by atoms with Gasteiger partial charge < -0.3 is 0 Å². The van der Waals surface area contributed by atoms with Gasteiger partial charge in [0, 0.05) is 12.0 Å². The number of aryl methyl sites for hydroxylation is 2. The molecule has 0 aliphatic heterocycles. The molecule has 0 saturated heterocycles. The van der Waals surface area contributed by atoms with Gasteiger partial charge >= 0.3 is 0 Å². The maximum absolute atomic E-state index is 13.2. The van der Waals surface area contributed by atoms with Crippen LogP contribution in [0.25, 0.3) is 0 Å². The molecule has 1 N–H and O–H groups in total. The van der Waals surface area contributed by atoms with Crippen molar-refractivity contribution in [2.75, 3.05) is 11.1 Å². The fourth-order valence-corrected chi connectivity index (χ4v) is 4.40. The molecule has 0 radical (unpaired) electrons. The van der Waals surface area contributed by atoms with Crippen LogP contribution in [0.5, 0.6) is 0 Å². The first-order chi connectivity index (χ1) is 12.8. The number of nitrogens with zero attached hydrogens (tertiary/aromatic N) is 2. The van der Waals surface area contributed by atoms with Gasteiger partial charge in [0.2, 0.25) is 5.13 Å². The molecule has 2 aromatic carbocycles. The molecule has 0 saturated carbocycles. The third-order valence-electron chi connectivity index (χ3n) is 3.74. The Balaban J connectivity index is 1.62. The largest absolute Gasteiger partial charge is 0.296 e. The van der Waals surface area contributed by atoms with Gasteiger partial charge in [0.1, 0.15) is 10.8 Å². The van der Waals surface area contributed by atoms with Crippen LogP contribution < -0.4 is 5.32 Å². The smallest absolute Gasteiger partial charge is 0.257 e. The quantitative estimate of drug-likeness (QED) is 0.680. The summed E-state index contributed by atoms with van der Waals surface area (Å²) in [6, 6.07) is 11.9. The highest BCUT2D eigenvalue weighted by Gasteiger charge is 2.17. The van der Waals surface area contributed by atoms with Gasteiger partial charge in [0.05, 0.1) is 10.6 Å². The summed E-state index contributed by atoms with van der Waals surface area (Å²) >= 11 is 1.09. The summed E-state index contributed by atoms with van der Waals surface area (Å²) in [5, 5.41) is 11.0. The molecule has 0 fully saturated rings. The summed E-state index contributed by atoms with van der Waals surface area (Å²) in [6.07, 6.45) is 0.184. The van der Waals surface area contributed by atoms with Gasteiger partial charge in [-0.15, -0.1) is 10.2 Å². The Hall–Kier alpha value is -2.65. The van der Waals surface area contributed by atoms with Crippen LogP contribution in [-0.4, -0.2) is 30.3 Å². The minimum Gasteiger partial charge on any atom is -0.296 e. The topological polar surface area (TPSA) is 89.0 Å². The van der Waals surface area contributed by atoms with Crippen molar-refractivity contribution in [2.45, 2.75) is 18.2 Å². The Bertz CT molecular complexity index is 1060. The van der Waals surface area contributed by atoms with Crippen LogP contribution in [0.1, 0.15) is 20.9 Å². The average molecular weight is 405 g/mol. The van der Waals surface area contributed by atoms with E-state index in [1.54, 1.807) is 24.3 Å². The van der Waals surface area contributed by atoms with Gasteiger partial charge in [-0.2, -0.15) is 0 Å². The Morgan fingerprint density at radius 3 is 2.59 bits per heavy atom. The number of halogens is 1. The number of sulfone groups is 1. The zero-order chi connectivity index (χ0) is 19.4. The highest BCUT2D eigenvalue weighted by molar-refractivity contribution is 7.91. The fraction of sp³-hybridized carbons (Fsp3) is 0.167. The van der Waals surface area contributed by atoms with E-state index >= 15 is 0 Å². The highest BCUT2D eigenvalue weighted by Crippen LogP contribution is 2.19. The van der Waals surface area contributed by atoms with E-state index < -0.39 is 21.6 Å². The van der Waals surface area contributed by atoms with Gasteiger partial charge in [-0.25, -0.2) is 12.8 Å². The number of carbonyl (C=O) groups excluding carboxylic acids is 1. The Kier molecular flexibility index (Phi) is 5.62. The van der Waals surface area contributed by atoms with Crippen molar-refractivity contribution < 1.29 is 17.6 Å². The van der Waals surface area contributed by atoms with Crippen LogP contribution in [0.15, 0.2) is 53.4 Å². The van der Waals surface area contributed by atoms with Crippen LogP contribution in [0.2, 0.25) is 0 Å². The molecule has 1 heterocycles. The van der Waals surface area contributed by atoms with Crippen molar-refractivity contribution in [1.82, 2.24) is 10.2 Å². The summed E-state index contributed by atoms with van der Waals surface area (Å²) < 4.78 is 37.9. The Morgan fingerprint density at radius 2 is 1.89 bits per heavy atom. The number of carbonyl (C=O) groups is 1. The minimum absolute atomic E-state index is 0.109. The van der Waals surface area contributed by atoms with Gasteiger partial charge in [-0.1, -0.05) is 35.1 Å². The molecule has 1 aromatic heterocycles. The number of hydrogen-bond acceptors (Lipinski definition) is 6. The first-order valence-electron chi connectivity index (χ1n) is 8.02. The Morgan fingerprint density at radius 1 is 1.15 bits per heavy atom. The fourth-order valence-electron chi connectivity index (χ4n) is 2.29. The Labute approximate surface area is 160 Å². The first-order valence-corrected chi connectivity index (χ1v) is 10.5. The molecule has 3 aromatic rings. The zero-order valence-corrected chi connectivity index (χ0v) is 16.0. The van der Waals surface area contributed by atoms with E-state index in [4.69, 9.17) is 0 Å². The zero-order valence-electron chi connectivity index (χ0n) is 14.3. The van der Waals surface area contributed by atoms with E-state index in [1.807, 2.05) is 6.92 Å². The van der Waals surface area contributed by atoms with Crippen molar-refractivity contribution in [3.63, 3.8) is 0 Å².